The molecule has 0 bridgehead atoms. The summed E-state index contributed by atoms with van der Waals surface area (Å²) in [5, 5.41) is 0. The predicted molar refractivity (Wildman–Crippen MR) is 97.6 cm³/mol. The molecule has 0 saturated carbocycles. The first kappa shape index (κ1) is 16.2. The first-order valence-corrected chi connectivity index (χ1v) is 9.01. The van der Waals surface area contributed by atoms with E-state index in [0.29, 0.717) is 6.42 Å². The highest BCUT2D eigenvalue weighted by molar-refractivity contribution is 5.82. The van der Waals surface area contributed by atoms with Crippen LogP contribution in [0.4, 0.5) is 0 Å². The molecule has 1 amide bonds. The molecule has 1 fully saturated rings. The summed E-state index contributed by atoms with van der Waals surface area (Å²) in [4.78, 5) is 17.2. The van der Waals surface area contributed by atoms with Crippen LogP contribution in [0.2, 0.25) is 0 Å². The SMILES string of the molecule is Cc1ccccc1CN1CCN(C(=O)[C@H]2Cc3ccccc3O2)CC1. The van der Waals surface area contributed by atoms with Crippen molar-refractivity contribution in [2.45, 2.75) is 26.0 Å². The molecule has 25 heavy (non-hydrogen) atoms. The molecule has 2 heterocycles. The fourth-order valence-electron chi connectivity index (χ4n) is 3.68. The van der Waals surface area contributed by atoms with Crippen LogP contribution in [-0.2, 0) is 17.8 Å². The van der Waals surface area contributed by atoms with Gasteiger partial charge < -0.3 is 9.64 Å². The summed E-state index contributed by atoms with van der Waals surface area (Å²) in [6.45, 7) is 6.51. The number of carbonyl (C=O) groups excluding carboxylic acids is 1. The number of benzene rings is 2. The van der Waals surface area contributed by atoms with Gasteiger partial charge in [-0.15, -0.1) is 0 Å². The zero-order valence-electron chi connectivity index (χ0n) is 14.6. The number of carbonyl (C=O) groups is 1. The summed E-state index contributed by atoms with van der Waals surface area (Å²) in [7, 11) is 0. The highest BCUT2D eigenvalue weighted by Crippen LogP contribution is 2.29. The van der Waals surface area contributed by atoms with Crippen LogP contribution in [0.25, 0.3) is 0 Å². The smallest absolute Gasteiger partial charge is 0.264 e. The molecular weight excluding hydrogens is 312 g/mol. The van der Waals surface area contributed by atoms with Crippen LogP contribution in [0.1, 0.15) is 16.7 Å². The molecule has 4 rings (SSSR count). The summed E-state index contributed by atoms with van der Waals surface area (Å²) in [6, 6.07) is 16.5. The average molecular weight is 336 g/mol. The maximum Gasteiger partial charge on any atom is 0.264 e. The summed E-state index contributed by atoms with van der Waals surface area (Å²) in [6.07, 6.45) is 0.346. The number of para-hydroxylation sites is 1. The van der Waals surface area contributed by atoms with E-state index >= 15 is 0 Å². The number of rotatable bonds is 3. The topological polar surface area (TPSA) is 32.8 Å². The van der Waals surface area contributed by atoms with Gasteiger partial charge in [-0.3, -0.25) is 9.69 Å². The van der Waals surface area contributed by atoms with E-state index < -0.39 is 0 Å². The third-order valence-corrected chi connectivity index (χ3v) is 5.26. The minimum atomic E-state index is -0.347. The van der Waals surface area contributed by atoms with Crippen LogP contribution in [0.15, 0.2) is 48.5 Å². The number of piperazine rings is 1. The Morgan fingerprint density at radius 3 is 2.52 bits per heavy atom. The van der Waals surface area contributed by atoms with E-state index in [0.717, 1.165) is 44.0 Å². The van der Waals surface area contributed by atoms with Gasteiger partial charge in [0.05, 0.1) is 0 Å². The Labute approximate surface area is 149 Å². The van der Waals surface area contributed by atoms with Crippen molar-refractivity contribution in [3.05, 3.63) is 65.2 Å². The second-order valence-electron chi connectivity index (χ2n) is 6.95. The Kier molecular flexibility index (Phi) is 4.45. The van der Waals surface area contributed by atoms with Crippen molar-refractivity contribution in [1.29, 1.82) is 0 Å². The molecule has 0 radical (unpaired) electrons. The number of ether oxygens (including phenoxy) is 1. The summed E-state index contributed by atoms with van der Waals surface area (Å²) in [5.74, 6) is 0.991. The maximum atomic E-state index is 12.8. The van der Waals surface area contributed by atoms with E-state index in [-0.39, 0.29) is 12.0 Å². The van der Waals surface area contributed by atoms with E-state index in [1.165, 1.54) is 11.1 Å². The Hall–Kier alpha value is -2.33. The van der Waals surface area contributed by atoms with Gasteiger partial charge in [0.15, 0.2) is 6.10 Å². The van der Waals surface area contributed by atoms with E-state index in [1.807, 2.05) is 29.2 Å². The highest BCUT2D eigenvalue weighted by Gasteiger charge is 2.33. The Balaban J connectivity index is 1.32. The van der Waals surface area contributed by atoms with Crippen molar-refractivity contribution in [3.8, 4) is 5.75 Å². The second-order valence-corrected chi connectivity index (χ2v) is 6.95. The minimum absolute atomic E-state index is 0.131. The number of fused-ring (bicyclic) bond motifs is 1. The van der Waals surface area contributed by atoms with Crippen LogP contribution < -0.4 is 4.74 Å². The van der Waals surface area contributed by atoms with Crippen molar-refractivity contribution >= 4 is 5.91 Å². The molecule has 2 aromatic carbocycles. The van der Waals surface area contributed by atoms with Crippen LogP contribution in [0, 0.1) is 6.92 Å². The number of hydrogen-bond donors (Lipinski definition) is 0. The standard InChI is InChI=1S/C21H24N2O2/c1-16-6-2-3-8-18(16)15-22-10-12-23(13-11-22)21(24)20-14-17-7-4-5-9-19(17)25-20/h2-9,20H,10-15H2,1H3/t20-/m1/s1. The van der Waals surface area contributed by atoms with Gasteiger partial charge in [-0.25, -0.2) is 0 Å². The maximum absolute atomic E-state index is 12.8. The molecule has 4 heteroatoms. The molecular formula is C21H24N2O2. The lowest BCUT2D eigenvalue weighted by Crippen LogP contribution is -2.51. The zero-order valence-corrected chi connectivity index (χ0v) is 14.6. The van der Waals surface area contributed by atoms with Gasteiger partial charge in [0.1, 0.15) is 5.75 Å². The molecule has 130 valence electrons. The van der Waals surface area contributed by atoms with E-state index in [4.69, 9.17) is 4.74 Å². The van der Waals surface area contributed by atoms with Crippen molar-refractivity contribution in [2.24, 2.45) is 0 Å². The number of amides is 1. The van der Waals surface area contributed by atoms with E-state index in [2.05, 4.69) is 36.1 Å². The fraction of sp³-hybridized carbons (Fsp3) is 0.381. The normalized spacial score (nSPS) is 20.2. The summed E-state index contributed by atoms with van der Waals surface area (Å²) >= 11 is 0. The van der Waals surface area contributed by atoms with Crippen molar-refractivity contribution in [2.75, 3.05) is 26.2 Å². The molecule has 1 atom stereocenters. The Bertz CT molecular complexity index is 741. The van der Waals surface area contributed by atoms with E-state index in [1.54, 1.807) is 0 Å². The Morgan fingerprint density at radius 2 is 1.76 bits per heavy atom. The van der Waals surface area contributed by atoms with Gasteiger partial charge in [-0.1, -0.05) is 42.5 Å². The Morgan fingerprint density at radius 1 is 1.04 bits per heavy atom. The highest BCUT2D eigenvalue weighted by atomic mass is 16.5. The molecule has 2 aliphatic heterocycles. The zero-order chi connectivity index (χ0) is 17.2. The monoisotopic (exact) mass is 336 g/mol. The van der Waals surface area contributed by atoms with Gasteiger partial charge in [0.25, 0.3) is 5.91 Å². The van der Waals surface area contributed by atoms with Crippen LogP contribution in [0.5, 0.6) is 5.75 Å². The molecule has 4 nitrogen and oxygen atoms in total. The lowest BCUT2D eigenvalue weighted by molar-refractivity contribution is -0.139. The minimum Gasteiger partial charge on any atom is -0.480 e. The van der Waals surface area contributed by atoms with Gasteiger partial charge >= 0.3 is 0 Å². The molecule has 2 aromatic rings. The van der Waals surface area contributed by atoms with Crippen LogP contribution in [-0.4, -0.2) is 48.0 Å². The number of nitrogens with zero attached hydrogens (tertiary/aromatic N) is 2. The van der Waals surface area contributed by atoms with Crippen molar-refractivity contribution in [1.82, 2.24) is 9.80 Å². The fourth-order valence-corrected chi connectivity index (χ4v) is 3.68. The third kappa shape index (κ3) is 3.40. The van der Waals surface area contributed by atoms with Crippen molar-refractivity contribution < 1.29 is 9.53 Å². The van der Waals surface area contributed by atoms with Crippen LogP contribution >= 0.6 is 0 Å². The van der Waals surface area contributed by atoms with Gasteiger partial charge in [-0.2, -0.15) is 0 Å². The number of hydrogen-bond acceptors (Lipinski definition) is 3. The van der Waals surface area contributed by atoms with Crippen molar-refractivity contribution in [3.63, 3.8) is 0 Å². The largest absolute Gasteiger partial charge is 0.480 e. The first-order valence-electron chi connectivity index (χ1n) is 9.01. The average Bonchev–Trinajstić information content (AvgIpc) is 3.08. The molecule has 0 aromatic heterocycles. The molecule has 0 spiro atoms. The van der Waals surface area contributed by atoms with Gasteiger partial charge in [0.2, 0.25) is 0 Å². The summed E-state index contributed by atoms with van der Waals surface area (Å²) in [5.41, 5.74) is 3.84. The lowest BCUT2D eigenvalue weighted by Gasteiger charge is -2.35. The van der Waals surface area contributed by atoms with Gasteiger partial charge in [0, 0.05) is 39.1 Å². The third-order valence-electron chi connectivity index (χ3n) is 5.26. The number of aryl methyl sites for hydroxylation is 1. The first-order chi connectivity index (χ1) is 12.2. The van der Waals surface area contributed by atoms with Gasteiger partial charge in [-0.05, 0) is 29.7 Å². The predicted octanol–water partition coefficient (Wildman–Crippen LogP) is 2.64. The molecule has 0 aliphatic carbocycles. The van der Waals surface area contributed by atoms with E-state index in [9.17, 15) is 4.79 Å². The lowest BCUT2D eigenvalue weighted by atomic mass is 10.1. The summed E-state index contributed by atoms with van der Waals surface area (Å²) < 4.78 is 5.86. The molecule has 0 unspecified atom stereocenters. The quantitative estimate of drug-likeness (QED) is 0.864. The molecule has 2 aliphatic rings. The van der Waals surface area contributed by atoms with Crippen LogP contribution in [0.3, 0.4) is 0 Å². The molecule has 0 N–H and O–H groups in total. The molecule has 1 saturated heterocycles. The second kappa shape index (κ2) is 6.89.